The van der Waals surface area contributed by atoms with Crippen molar-refractivity contribution in [1.29, 1.82) is 0 Å². The Morgan fingerprint density at radius 1 is 1.41 bits per heavy atom. The molecule has 0 atom stereocenters. The minimum atomic E-state index is 0.942. The lowest BCUT2D eigenvalue weighted by atomic mass is 10.2. The molecule has 2 rings (SSSR count). The first-order valence-corrected chi connectivity index (χ1v) is 7.53. The molecule has 3 nitrogen and oxygen atoms in total. The number of pyridine rings is 1. The van der Waals surface area contributed by atoms with Gasteiger partial charge in [-0.25, -0.2) is 0 Å². The first-order valence-electron chi connectivity index (χ1n) is 6.38. The molecule has 0 spiro atoms. The Morgan fingerprint density at radius 2 is 2.35 bits per heavy atom. The fourth-order valence-corrected chi connectivity index (χ4v) is 2.98. The lowest BCUT2D eigenvalue weighted by Crippen LogP contribution is -2.27. The van der Waals surface area contributed by atoms with E-state index in [1.807, 2.05) is 12.4 Å². The van der Waals surface area contributed by atoms with E-state index >= 15 is 0 Å². The Labute approximate surface area is 108 Å². The zero-order valence-corrected chi connectivity index (χ0v) is 11.3. The van der Waals surface area contributed by atoms with Crippen LogP contribution in [0.3, 0.4) is 0 Å². The van der Waals surface area contributed by atoms with E-state index in [-0.39, 0.29) is 0 Å². The van der Waals surface area contributed by atoms with Crippen molar-refractivity contribution in [2.24, 2.45) is 0 Å². The molecular weight excluding hydrogens is 230 g/mol. The summed E-state index contributed by atoms with van der Waals surface area (Å²) in [4.78, 5) is 6.77. The molecule has 1 aliphatic rings. The molecule has 0 bridgehead atoms. The maximum absolute atomic E-state index is 4.28. The molecule has 2 heterocycles. The zero-order chi connectivity index (χ0) is 11.9. The van der Waals surface area contributed by atoms with E-state index < -0.39 is 0 Å². The van der Waals surface area contributed by atoms with Crippen LogP contribution in [0.15, 0.2) is 18.5 Å². The average molecular weight is 251 g/mol. The second-order valence-corrected chi connectivity index (χ2v) is 5.46. The maximum atomic E-state index is 4.28. The van der Waals surface area contributed by atoms with Gasteiger partial charge < -0.3 is 10.2 Å². The Bertz CT molecular complexity index is 335. The highest BCUT2D eigenvalue weighted by Gasteiger charge is 2.13. The van der Waals surface area contributed by atoms with E-state index in [0.29, 0.717) is 0 Å². The number of nitrogens with zero attached hydrogens (tertiary/aromatic N) is 2. The Hall–Kier alpha value is -0.740. The quantitative estimate of drug-likeness (QED) is 0.887. The molecule has 1 saturated heterocycles. The summed E-state index contributed by atoms with van der Waals surface area (Å²) >= 11 is 2.06. The van der Waals surface area contributed by atoms with Gasteiger partial charge in [-0.2, -0.15) is 11.8 Å². The molecule has 1 fully saturated rings. The van der Waals surface area contributed by atoms with E-state index in [9.17, 15) is 0 Å². The first-order chi connectivity index (χ1) is 8.42. The van der Waals surface area contributed by atoms with Gasteiger partial charge in [-0.1, -0.05) is 6.92 Å². The van der Waals surface area contributed by atoms with Gasteiger partial charge in [0.15, 0.2) is 0 Å². The van der Waals surface area contributed by atoms with Crippen molar-refractivity contribution >= 4 is 17.4 Å². The van der Waals surface area contributed by atoms with Gasteiger partial charge in [-0.3, -0.25) is 4.98 Å². The standard InChI is InChI=1S/C13H21N3S/c1-2-14-10-12-4-5-15-11-13(12)16-6-3-8-17-9-7-16/h4-5,11,14H,2-3,6-10H2,1H3. The third-order valence-corrected chi connectivity index (χ3v) is 4.06. The normalized spacial score (nSPS) is 16.9. The monoisotopic (exact) mass is 251 g/mol. The Balaban J connectivity index is 2.11. The number of aromatic nitrogens is 1. The van der Waals surface area contributed by atoms with Gasteiger partial charge in [0.25, 0.3) is 0 Å². The number of nitrogens with one attached hydrogen (secondary N) is 1. The van der Waals surface area contributed by atoms with Crippen molar-refractivity contribution < 1.29 is 0 Å². The molecule has 17 heavy (non-hydrogen) atoms. The summed E-state index contributed by atoms with van der Waals surface area (Å²) in [5.74, 6) is 2.52. The van der Waals surface area contributed by atoms with E-state index in [2.05, 4.69) is 40.0 Å². The second-order valence-electron chi connectivity index (χ2n) is 4.24. The van der Waals surface area contributed by atoms with Crippen molar-refractivity contribution in [3.8, 4) is 0 Å². The predicted molar refractivity (Wildman–Crippen MR) is 75.8 cm³/mol. The Kier molecular flexibility index (Phi) is 5.13. The molecule has 0 unspecified atom stereocenters. The van der Waals surface area contributed by atoms with Gasteiger partial charge >= 0.3 is 0 Å². The largest absolute Gasteiger partial charge is 0.369 e. The molecule has 1 aliphatic heterocycles. The molecule has 1 N–H and O–H groups in total. The summed E-state index contributed by atoms with van der Waals surface area (Å²) in [5, 5.41) is 3.40. The highest BCUT2D eigenvalue weighted by atomic mass is 32.2. The summed E-state index contributed by atoms with van der Waals surface area (Å²) in [5.41, 5.74) is 2.68. The Morgan fingerprint density at radius 3 is 3.24 bits per heavy atom. The highest BCUT2D eigenvalue weighted by Crippen LogP contribution is 2.22. The summed E-state index contributed by atoms with van der Waals surface area (Å²) in [7, 11) is 0. The van der Waals surface area contributed by atoms with Gasteiger partial charge in [-0.05, 0) is 30.3 Å². The number of anilines is 1. The van der Waals surface area contributed by atoms with Crippen molar-refractivity contribution in [3.05, 3.63) is 24.0 Å². The fraction of sp³-hybridized carbons (Fsp3) is 0.615. The van der Waals surface area contributed by atoms with Gasteiger partial charge in [-0.15, -0.1) is 0 Å². The third kappa shape index (κ3) is 3.61. The van der Waals surface area contributed by atoms with Crippen LogP contribution in [0.2, 0.25) is 0 Å². The predicted octanol–water partition coefficient (Wildman–Crippen LogP) is 2.13. The van der Waals surface area contributed by atoms with Crippen LogP contribution in [-0.4, -0.2) is 36.1 Å². The summed E-state index contributed by atoms with van der Waals surface area (Å²) in [6, 6.07) is 2.13. The van der Waals surface area contributed by atoms with Crippen LogP contribution < -0.4 is 10.2 Å². The first kappa shape index (κ1) is 12.7. The SMILES string of the molecule is CCNCc1ccncc1N1CCCSCC1. The van der Waals surface area contributed by atoms with Crippen LogP contribution in [0.4, 0.5) is 5.69 Å². The van der Waals surface area contributed by atoms with Crippen LogP contribution in [0.25, 0.3) is 0 Å². The molecule has 1 aromatic heterocycles. The van der Waals surface area contributed by atoms with Gasteiger partial charge in [0, 0.05) is 31.6 Å². The average Bonchev–Trinajstić information content (AvgIpc) is 2.65. The molecule has 0 amide bonds. The highest BCUT2D eigenvalue weighted by molar-refractivity contribution is 7.99. The molecular formula is C13H21N3S. The van der Waals surface area contributed by atoms with E-state index in [0.717, 1.165) is 26.2 Å². The van der Waals surface area contributed by atoms with E-state index in [1.54, 1.807) is 0 Å². The molecule has 0 aromatic carbocycles. The van der Waals surface area contributed by atoms with Crippen LogP contribution in [0, 0.1) is 0 Å². The van der Waals surface area contributed by atoms with Crippen LogP contribution in [0.1, 0.15) is 18.9 Å². The lowest BCUT2D eigenvalue weighted by molar-refractivity contribution is 0.717. The number of rotatable bonds is 4. The van der Waals surface area contributed by atoms with Crippen LogP contribution >= 0.6 is 11.8 Å². The smallest absolute Gasteiger partial charge is 0.0598 e. The number of hydrogen-bond acceptors (Lipinski definition) is 4. The van der Waals surface area contributed by atoms with Crippen molar-refractivity contribution in [2.45, 2.75) is 19.9 Å². The molecule has 1 aromatic rings. The van der Waals surface area contributed by atoms with Gasteiger partial charge in [0.2, 0.25) is 0 Å². The van der Waals surface area contributed by atoms with Crippen molar-refractivity contribution in [2.75, 3.05) is 36.0 Å². The van der Waals surface area contributed by atoms with Crippen molar-refractivity contribution in [1.82, 2.24) is 10.3 Å². The second kappa shape index (κ2) is 6.87. The molecule has 0 saturated carbocycles. The maximum Gasteiger partial charge on any atom is 0.0598 e. The van der Waals surface area contributed by atoms with Crippen LogP contribution in [-0.2, 0) is 6.54 Å². The van der Waals surface area contributed by atoms with E-state index in [4.69, 9.17) is 0 Å². The van der Waals surface area contributed by atoms with Gasteiger partial charge in [0.05, 0.1) is 11.9 Å². The third-order valence-electron chi connectivity index (χ3n) is 3.02. The molecule has 0 radical (unpaired) electrons. The van der Waals surface area contributed by atoms with E-state index in [1.165, 1.54) is 29.2 Å². The van der Waals surface area contributed by atoms with Crippen molar-refractivity contribution in [3.63, 3.8) is 0 Å². The summed E-state index contributed by atoms with van der Waals surface area (Å²) < 4.78 is 0. The van der Waals surface area contributed by atoms with Crippen LogP contribution in [0.5, 0.6) is 0 Å². The number of hydrogen-bond donors (Lipinski definition) is 1. The molecule has 94 valence electrons. The van der Waals surface area contributed by atoms with Gasteiger partial charge in [0.1, 0.15) is 0 Å². The minimum Gasteiger partial charge on any atom is -0.369 e. The topological polar surface area (TPSA) is 28.2 Å². The lowest BCUT2D eigenvalue weighted by Gasteiger charge is -2.24. The summed E-state index contributed by atoms with van der Waals surface area (Å²) in [6.07, 6.45) is 5.19. The minimum absolute atomic E-state index is 0.942. The fourth-order valence-electron chi connectivity index (χ4n) is 2.10. The molecule has 4 heteroatoms. The number of thioether (sulfide) groups is 1. The molecule has 0 aliphatic carbocycles. The summed E-state index contributed by atoms with van der Waals surface area (Å²) in [6.45, 7) is 6.41. The zero-order valence-electron chi connectivity index (χ0n) is 10.5.